The average molecular weight is 328 g/mol. The van der Waals surface area contributed by atoms with Gasteiger partial charge in [-0.05, 0) is 44.5 Å². The number of ether oxygens (including phenoxy) is 1. The van der Waals surface area contributed by atoms with Crippen molar-refractivity contribution in [2.75, 3.05) is 18.5 Å². The van der Waals surface area contributed by atoms with Crippen molar-refractivity contribution in [1.29, 1.82) is 0 Å². The summed E-state index contributed by atoms with van der Waals surface area (Å²) in [6, 6.07) is 10.3. The lowest BCUT2D eigenvalue weighted by Gasteiger charge is -2.11. The van der Waals surface area contributed by atoms with E-state index < -0.39 is 4.92 Å². The van der Waals surface area contributed by atoms with Crippen molar-refractivity contribution in [1.82, 2.24) is 0 Å². The molecule has 0 radical (unpaired) electrons. The van der Waals surface area contributed by atoms with E-state index in [1.807, 2.05) is 32.0 Å². The molecule has 2 aromatic carbocycles. The number of rotatable bonds is 7. The van der Waals surface area contributed by atoms with Gasteiger partial charge in [-0.15, -0.1) is 0 Å². The van der Waals surface area contributed by atoms with Crippen molar-refractivity contribution in [3.8, 4) is 5.75 Å². The van der Waals surface area contributed by atoms with E-state index in [4.69, 9.17) is 4.74 Å². The number of hydrogen-bond donors (Lipinski definition) is 1. The second-order valence-corrected chi connectivity index (χ2v) is 5.59. The first-order chi connectivity index (χ1) is 11.4. The highest BCUT2D eigenvalue weighted by Gasteiger charge is 2.15. The molecule has 24 heavy (non-hydrogen) atoms. The Morgan fingerprint density at radius 2 is 1.96 bits per heavy atom. The number of nitro benzene ring substituents is 1. The van der Waals surface area contributed by atoms with Crippen molar-refractivity contribution in [2.24, 2.45) is 0 Å². The Labute approximate surface area is 140 Å². The summed E-state index contributed by atoms with van der Waals surface area (Å²) >= 11 is 0. The van der Waals surface area contributed by atoms with E-state index in [1.165, 1.54) is 18.6 Å². The Kier molecular flexibility index (Phi) is 5.52. The maximum atomic E-state index is 11.3. The van der Waals surface area contributed by atoms with Crippen LogP contribution in [0.5, 0.6) is 5.75 Å². The van der Waals surface area contributed by atoms with Crippen molar-refractivity contribution in [3.05, 3.63) is 63.2 Å². The third kappa shape index (κ3) is 4.32. The summed E-state index contributed by atoms with van der Waals surface area (Å²) in [5.41, 5.74) is 2.79. The molecule has 1 N–H and O–H groups in total. The molecule has 0 fully saturated rings. The third-order valence-electron chi connectivity index (χ3n) is 3.61. The normalized spacial score (nSPS) is 10.3. The second-order valence-electron chi connectivity index (χ2n) is 5.59. The molecule has 2 aromatic rings. The van der Waals surface area contributed by atoms with Gasteiger partial charge in [0.2, 0.25) is 0 Å². The number of nitrogens with zero attached hydrogens (tertiary/aromatic N) is 1. The predicted molar refractivity (Wildman–Crippen MR) is 93.0 cm³/mol. The van der Waals surface area contributed by atoms with Gasteiger partial charge in [0.05, 0.1) is 4.92 Å². The molecule has 2 rings (SSSR count). The van der Waals surface area contributed by atoms with Gasteiger partial charge in [-0.3, -0.25) is 14.9 Å². The molecule has 0 heterocycles. The molecule has 0 aliphatic heterocycles. The number of hydrogen-bond acceptors (Lipinski definition) is 5. The number of nitrogens with one attached hydrogen (secondary N) is 1. The van der Waals surface area contributed by atoms with Crippen molar-refractivity contribution in [2.45, 2.75) is 20.8 Å². The van der Waals surface area contributed by atoms with Gasteiger partial charge >= 0.3 is 0 Å². The molecule has 0 saturated carbocycles. The molecule has 0 aliphatic rings. The van der Waals surface area contributed by atoms with Crippen LogP contribution in [0, 0.1) is 24.0 Å². The fraction of sp³-hybridized carbons (Fsp3) is 0.278. The van der Waals surface area contributed by atoms with Crippen LogP contribution in [0.1, 0.15) is 28.4 Å². The summed E-state index contributed by atoms with van der Waals surface area (Å²) in [5.74, 6) is 0.589. The van der Waals surface area contributed by atoms with Crippen LogP contribution in [0.15, 0.2) is 36.4 Å². The lowest BCUT2D eigenvalue weighted by Crippen LogP contribution is -2.13. The summed E-state index contributed by atoms with van der Waals surface area (Å²) in [6.45, 7) is 6.15. The SMILES string of the molecule is CC(=O)c1ccc(NCCOc2ccc(C)cc2C)c([N+](=O)[O-])c1. The standard InChI is InChI=1S/C18H20N2O4/c1-12-4-7-18(13(2)10-12)24-9-8-19-16-6-5-15(14(3)21)11-17(16)20(22)23/h4-7,10-11,19H,8-9H2,1-3H3. The molecular formula is C18H20N2O4. The van der Waals surface area contributed by atoms with Crippen LogP contribution in [-0.2, 0) is 0 Å². The van der Waals surface area contributed by atoms with Crippen LogP contribution in [-0.4, -0.2) is 23.9 Å². The van der Waals surface area contributed by atoms with Crippen LogP contribution in [0.25, 0.3) is 0 Å². The topological polar surface area (TPSA) is 81.5 Å². The number of anilines is 1. The number of carbonyl (C=O) groups excluding carboxylic acids is 1. The fourth-order valence-corrected chi connectivity index (χ4v) is 2.36. The number of benzene rings is 2. The van der Waals surface area contributed by atoms with Crippen molar-refractivity contribution in [3.63, 3.8) is 0 Å². The number of Topliss-reactive ketones (excluding diaryl/α,β-unsaturated/α-hetero) is 1. The minimum atomic E-state index is -0.500. The Hall–Kier alpha value is -2.89. The molecule has 0 atom stereocenters. The molecule has 6 nitrogen and oxygen atoms in total. The Morgan fingerprint density at radius 3 is 2.58 bits per heavy atom. The van der Waals surface area contributed by atoms with E-state index in [9.17, 15) is 14.9 Å². The highest BCUT2D eigenvalue weighted by molar-refractivity contribution is 5.95. The molecule has 0 aromatic heterocycles. The quantitative estimate of drug-likeness (QED) is 0.361. The Morgan fingerprint density at radius 1 is 1.21 bits per heavy atom. The third-order valence-corrected chi connectivity index (χ3v) is 3.61. The smallest absolute Gasteiger partial charge is 0.293 e. The molecule has 6 heteroatoms. The minimum Gasteiger partial charge on any atom is -0.491 e. The summed E-state index contributed by atoms with van der Waals surface area (Å²) in [5, 5.41) is 14.1. The zero-order valence-corrected chi connectivity index (χ0v) is 14.0. The van der Waals surface area contributed by atoms with E-state index in [-0.39, 0.29) is 11.5 Å². The first-order valence-electron chi connectivity index (χ1n) is 7.62. The maximum absolute atomic E-state index is 11.3. The van der Waals surface area contributed by atoms with Gasteiger partial charge in [-0.2, -0.15) is 0 Å². The molecule has 0 saturated heterocycles. The van der Waals surface area contributed by atoms with Gasteiger partial charge in [-0.25, -0.2) is 0 Å². The zero-order valence-electron chi connectivity index (χ0n) is 14.0. The number of aryl methyl sites for hydroxylation is 2. The van der Waals surface area contributed by atoms with E-state index >= 15 is 0 Å². The van der Waals surface area contributed by atoms with E-state index in [2.05, 4.69) is 5.32 Å². The summed E-state index contributed by atoms with van der Waals surface area (Å²) in [4.78, 5) is 22.0. The van der Waals surface area contributed by atoms with Gasteiger partial charge in [0.25, 0.3) is 5.69 Å². The zero-order chi connectivity index (χ0) is 17.7. The highest BCUT2D eigenvalue weighted by atomic mass is 16.6. The second kappa shape index (κ2) is 7.59. The van der Waals surface area contributed by atoms with Gasteiger partial charge in [0.15, 0.2) is 5.78 Å². The van der Waals surface area contributed by atoms with E-state index in [0.29, 0.717) is 24.4 Å². The molecule has 0 amide bonds. The van der Waals surface area contributed by atoms with Crippen LogP contribution in [0.4, 0.5) is 11.4 Å². The van der Waals surface area contributed by atoms with Crippen LogP contribution >= 0.6 is 0 Å². The molecular weight excluding hydrogens is 308 g/mol. The van der Waals surface area contributed by atoms with Crippen LogP contribution in [0.2, 0.25) is 0 Å². The summed E-state index contributed by atoms with van der Waals surface area (Å²) < 4.78 is 5.69. The van der Waals surface area contributed by atoms with Crippen molar-refractivity contribution >= 4 is 17.2 Å². The monoisotopic (exact) mass is 328 g/mol. The lowest BCUT2D eigenvalue weighted by molar-refractivity contribution is -0.384. The van der Waals surface area contributed by atoms with Gasteiger partial charge in [0, 0.05) is 18.2 Å². The predicted octanol–water partition coefficient (Wildman–Crippen LogP) is 3.91. The minimum absolute atomic E-state index is 0.116. The molecule has 0 aliphatic carbocycles. The van der Waals surface area contributed by atoms with Crippen molar-refractivity contribution < 1.29 is 14.5 Å². The summed E-state index contributed by atoms with van der Waals surface area (Å²) in [6.07, 6.45) is 0. The Bertz CT molecular complexity index is 772. The first-order valence-corrected chi connectivity index (χ1v) is 7.62. The number of ketones is 1. The molecule has 126 valence electrons. The number of carbonyl (C=O) groups is 1. The van der Waals surface area contributed by atoms with Gasteiger partial charge in [0.1, 0.15) is 18.0 Å². The fourth-order valence-electron chi connectivity index (χ4n) is 2.36. The van der Waals surface area contributed by atoms with Crippen LogP contribution in [0.3, 0.4) is 0 Å². The first kappa shape index (κ1) is 17.5. The number of nitro groups is 1. The highest BCUT2D eigenvalue weighted by Crippen LogP contribution is 2.25. The largest absolute Gasteiger partial charge is 0.491 e. The van der Waals surface area contributed by atoms with E-state index in [1.54, 1.807) is 12.1 Å². The maximum Gasteiger partial charge on any atom is 0.293 e. The van der Waals surface area contributed by atoms with E-state index in [0.717, 1.165) is 11.3 Å². The van der Waals surface area contributed by atoms with Crippen LogP contribution < -0.4 is 10.1 Å². The Balaban J connectivity index is 1.99. The lowest BCUT2D eigenvalue weighted by atomic mass is 10.1. The average Bonchev–Trinajstić information content (AvgIpc) is 2.52. The molecule has 0 spiro atoms. The molecule has 0 bridgehead atoms. The van der Waals surface area contributed by atoms with Gasteiger partial charge < -0.3 is 10.1 Å². The van der Waals surface area contributed by atoms with Gasteiger partial charge in [-0.1, -0.05) is 17.7 Å². The molecule has 0 unspecified atom stereocenters. The summed E-state index contributed by atoms with van der Waals surface area (Å²) in [7, 11) is 0.